The van der Waals surface area contributed by atoms with E-state index in [-0.39, 0.29) is 0 Å². The molecule has 88 valence electrons. The normalized spacial score (nSPS) is 12.3. The third kappa shape index (κ3) is 4.40. The SMILES string of the molecule is CCCCC(OCc1ccncc1)C(=O)O. The maximum atomic E-state index is 10.9. The summed E-state index contributed by atoms with van der Waals surface area (Å²) in [5, 5.41) is 8.94. The summed E-state index contributed by atoms with van der Waals surface area (Å²) in [6, 6.07) is 3.64. The Morgan fingerprint density at radius 1 is 1.50 bits per heavy atom. The predicted octanol–water partition coefficient (Wildman–Crippen LogP) is 2.24. The number of carboxylic acids is 1. The molecule has 1 atom stereocenters. The van der Waals surface area contributed by atoms with E-state index in [1.165, 1.54) is 0 Å². The van der Waals surface area contributed by atoms with Gasteiger partial charge in [0.25, 0.3) is 0 Å². The third-order valence-corrected chi connectivity index (χ3v) is 2.30. The molecule has 16 heavy (non-hydrogen) atoms. The van der Waals surface area contributed by atoms with Gasteiger partial charge in [-0.2, -0.15) is 0 Å². The number of ether oxygens (including phenoxy) is 1. The lowest BCUT2D eigenvalue weighted by atomic mass is 10.1. The fourth-order valence-electron chi connectivity index (χ4n) is 1.34. The van der Waals surface area contributed by atoms with Gasteiger partial charge in [-0.3, -0.25) is 4.98 Å². The molecular weight excluding hydrogens is 206 g/mol. The Morgan fingerprint density at radius 3 is 2.75 bits per heavy atom. The molecule has 0 saturated heterocycles. The van der Waals surface area contributed by atoms with Crippen molar-refractivity contribution in [2.45, 2.75) is 38.9 Å². The van der Waals surface area contributed by atoms with Crippen molar-refractivity contribution in [2.24, 2.45) is 0 Å². The summed E-state index contributed by atoms with van der Waals surface area (Å²) in [6.45, 7) is 2.35. The maximum absolute atomic E-state index is 10.9. The first-order valence-corrected chi connectivity index (χ1v) is 5.47. The van der Waals surface area contributed by atoms with Crippen molar-refractivity contribution in [3.05, 3.63) is 30.1 Å². The fourth-order valence-corrected chi connectivity index (χ4v) is 1.34. The zero-order chi connectivity index (χ0) is 11.8. The summed E-state index contributed by atoms with van der Waals surface area (Å²) in [5.74, 6) is -0.887. The van der Waals surface area contributed by atoms with Crippen molar-refractivity contribution < 1.29 is 14.6 Å². The fraction of sp³-hybridized carbons (Fsp3) is 0.500. The Hall–Kier alpha value is -1.42. The minimum Gasteiger partial charge on any atom is -0.479 e. The van der Waals surface area contributed by atoms with E-state index in [0.717, 1.165) is 18.4 Å². The zero-order valence-electron chi connectivity index (χ0n) is 9.43. The van der Waals surface area contributed by atoms with E-state index >= 15 is 0 Å². The van der Waals surface area contributed by atoms with E-state index in [9.17, 15) is 4.79 Å². The first kappa shape index (κ1) is 12.6. The van der Waals surface area contributed by atoms with Crippen LogP contribution >= 0.6 is 0 Å². The highest BCUT2D eigenvalue weighted by molar-refractivity contribution is 5.72. The highest BCUT2D eigenvalue weighted by Crippen LogP contribution is 2.08. The van der Waals surface area contributed by atoms with Gasteiger partial charge in [0, 0.05) is 12.4 Å². The smallest absolute Gasteiger partial charge is 0.332 e. The number of nitrogens with zero attached hydrogens (tertiary/aromatic N) is 1. The topological polar surface area (TPSA) is 59.4 Å². The van der Waals surface area contributed by atoms with Gasteiger partial charge < -0.3 is 9.84 Å². The third-order valence-electron chi connectivity index (χ3n) is 2.30. The number of rotatable bonds is 7. The molecule has 0 aliphatic heterocycles. The first-order valence-electron chi connectivity index (χ1n) is 5.47. The summed E-state index contributed by atoms with van der Waals surface area (Å²) in [7, 11) is 0. The molecule has 1 N–H and O–H groups in total. The van der Waals surface area contributed by atoms with E-state index in [4.69, 9.17) is 9.84 Å². The summed E-state index contributed by atoms with van der Waals surface area (Å²) < 4.78 is 5.36. The molecule has 0 amide bonds. The van der Waals surface area contributed by atoms with E-state index in [1.54, 1.807) is 12.4 Å². The number of aliphatic carboxylic acids is 1. The van der Waals surface area contributed by atoms with E-state index in [1.807, 2.05) is 19.1 Å². The van der Waals surface area contributed by atoms with Crippen LogP contribution in [0.15, 0.2) is 24.5 Å². The molecule has 0 aromatic carbocycles. The number of carbonyl (C=O) groups is 1. The average molecular weight is 223 g/mol. The van der Waals surface area contributed by atoms with Gasteiger partial charge in [0.05, 0.1) is 6.61 Å². The van der Waals surface area contributed by atoms with Crippen LogP contribution in [0, 0.1) is 0 Å². The van der Waals surface area contributed by atoms with Crippen LogP contribution in [0.1, 0.15) is 31.7 Å². The number of aromatic nitrogens is 1. The van der Waals surface area contributed by atoms with Crippen LogP contribution < -0.4 is 0 Å². The summed E-state index contributed by atoms with van der Waals surface area (Å²) >= 11 is 0. The second-order valence-corrected chi connectivity index (χ2v) is 3.64. The summed E-state index contributed by atoms with van der Waals surface area (Å²) in [4.78, 5) is 14.8. The number of unbranched alkanes of at least 4 members (excludes halogenated alkanes) is 1. The minimum absolute atomic E-state index is 0.323. The molecule has 0 fully saturated rings. The molecule has 1 aromatic rings. The van der Waals surface area contributed by atoms with Crippen molar-refractivity contribution >= 4 is 5.97 Å². The van der Waals surface area contributed by atoms with Gasteiger partial charge in [0.2, 0.25) is 0 Å². The van der Waals surface area contributed by atoms with Crippen molar-refractivity contribution in [1.82, 2.24) is 4.98 Å². The van der Waals surface area contributed by atoms with Gasteiger partial charge in [0.1, 0.15) is 0 Å². The monoisotopic (exact) mass is 223 g/mol. The van der Waals surface area contributed by atoms with Crippen molar-refractivity contribution in [3.8, 4) is 0 Å². The van der Waals surface area contributed by atoms with Crippen LogP contribution in [0.3, 0.4) is 0 Å². The van der Waals surface area contributed by atoms with E-state index in [0.29, 0.717) is 13.0 Å². The van der Waals surface area contributed by atoms with Gasteiger partial charge in [-0.1, -0.05) is 19.8 Å². The highest BCUT2D eigenvalue weighted by atomic mass is 16.5. The van der Waals surface area contributed by atoms with Gasteiger partial charge in [-0.15, -0.1) is 0 Å². The lowest BCUT2D eigenvalue weighted by Crippen LogP contribution is -2.23. The van der Waals surface area contributed by atoms with Crippen molar-refractivity contribution in [1.29, 1.82) is 0 Å². The molecule has 0 aliphatic rings. The number of carboxylic acid groups (broad SMARTS) is 1. The van der Waals surface area contributed by atoms with Crippen molar-refractivity contribution in [2.75, 3.05) is 0 Å². The Morgan fingerprint density at radius 2 is 2.19 bits per heavy atom. The van der Waals surface area contributed by atoms with Crippen LogP contribution in [0.2, 0.25) is 0 Å². The Balaban J connectivity index is 2.41. The number of pyridine rings is 1. The molecule has 4 heteroatoms. The molecule has 0 aliphatic carbocycles. The molecular formula is C12H17NO3. The standard InChI is InChI=1S/C12H17NO3/c1-2-3-4-11(12(14)15)16-9-10-5-7-13-8-6-10/h5-8,11H,2-4,9H2,1H3,(H,14,15). The van der Waals surface area contributed by atoms with Gasteiger partial charge in [-0.05, 0) is 24.1 Å². The lowest BCUT2D eigenvalue weighted by Gasteiger charge is -2.12. The van der Waals surface area contributed by atoms with Gasteiger partial charge in [0.15, 0.2) is 6.10 Å². The molecule has 1 heterocycles. The number of hydrogen-bond acceptors (Lipinski definition) is 3. The molecule has 4 nitrogen and oxygen atoms in total. The minimum atomic E-state index is -0.887. The molecule has 0 spiro atoms. The molecule has 1 aromatic heterocycles. The first-order chi connectivity index (χ1) is 7.74. The molecule has 1 rings (SSSR count). The molecule has 0 saturated carbocycles. The molecule has 0 radical (unpaired) electrons. The summed E-state index contributed by atoms with van der Waals surface area (Å²) in [6.07, 6.45) is 5.04. The van der Waals surface area contributed by atoms with E-state index < -0.39 is 12.1 Å². The second kappa shape index (κ2) is 6.95. The lowest BCUT2D eigenvalue weighted by molar-refractivity contribution is -0.151. The van der Waals surface area contributed by atoms with Crippen LogP contribution in [0.5, 0.6) is 0 Å². The second-order valence-electron chi connectivity index (χ2n) is 3.64. The Labute approximate surface area is 95.3 Å². The van der Waals surface area contributed by atoms with Gasteiger partial charge in [-0.25, -0.2) is 4.79 Å². The quantitative estimate of drug-likeness (QED) is 0.770. The predicted molar refractivity (Wildman–Crippen MR) is 60.0 cm³/mol. The van der Waals surface area contributed by atoms with E-state index in [2.05, 4.69) is 4.98 Å². The molecule has 0 bridgehead atoms. The van der Waals surface area contributed by atoms with Crippen LogP contribution in [0.25, 0.3) is 0 Å². The Bertz CT molecular complexity index is 313. The molecule has 1 unspecified atom stereocenters. The van der Waals surface area contributed by atoms with Crippen molar-refractivity contribution in [3.63, 3.8) is 0 Å². The van der Waals surface area contributed by atoms with Crippen LogP contribution in [0.4, 0.5) is 0 Å². The van der Waals surface area contributed by atoms with Crippen LogP contribution in [-0.4, -0.2) is 22.2 Å². The summed E-state index contributed by atoms with van der Waals surface area (Å²) in [5.41, 5.74) is 0.942. The maximum Gasteiger partial charge on any atom is 0.332 e. The Kier molecular flexibility index (Phi) is 5.50. The highest BCUT2D eigenvalue weighted by Gasteiger charge is 2.16. The zero-order valence-corrected chi connectivity index (χ0v) is 9.43. The largest absolute Gasteiger partial charge is 0.479 e. The average Bonchev–Trinajstić information content (AvgIpc) is 2.30. The van der Waals surface area contributed by atoms with Crippen LogP contribution in [-0.2, 0) is 16.1 Å². The van der Waals surface area contributed by atoms with Gasteiger partial charge >= 0.3 is 5.97 Å². The number of hydrogen-bond donors (Lipinski definition) is 1.